The topological polar surface area (TPSA) is 27.7 Å². The Morgan fingerprint density at radius 1 is 1.20 bits per heavy atom. The Balaban J connectivity index is 2.08. The van der Waals surface area contributed by atoms with Crippen LogP contribution in [0.4, 0.5) is 0 Å². The van der Waals surface area contributed by atoms with Gasteiger partial charge in [-0.25, -0.2) is 0 Å². The molecule has 0 aromatic carbocycles. The van der Waals surface area contributed by atoms with Crippen LogP contribution in [0.1, 0.15) is 19.3 Å². The molecule has 0 aromatic rings. The zero-order chi connectivity index (χ0) is 7.40. The van der Waals surface area contributed by atoms with Crippen molar-refractivity contribution in [1.29, 1.82) is 0 Å². The van der Waals surface area contributed by atoms with Crippen LogP contribution in [-0.4, -0.2) is 20.3 Å². The van der Waals surface area contributed by atoms with Crippen molar-refractivity contribution in [2.45, 2.75) is 25.4 Å². The molecule has 0 radical (unpaired) electrons. The molecule has 0 aliphatic heterocycles. The maximum atomic E-state index is 5.41. The van der Waals surface area contributed by atoms with Gasteiger partial charge in [-0.15, -0.1) is 0 Å². The van der Waals surface area contributed by atoms with E-state index in [1.807, 2.05) is 0 Å². The molecule has 1 rings (SSSR count). The first-order valence-corrected chi connectivity index (χ1v) is 4.51. The average Bonchev–Trinajstić information content (AvgIpc) is 1.87. The summed E-state index contributed by atoms with van der Waals surface area (Å²) in [6.45, 7) is 0. The minimum atomic E-state index is -1.05. The molecule has 0 aromatic heterocycles. The maximum absolute atomic E-state index is 5.41. The van der Waals surface area contributed by atoms with Gasteiger partial charge >= 0.3 is 8.60 Å². The molecular weight excluding hydrogens is 151 g/mol. The van der Waals surface area contributed by atoms with E-state index in [4.69, 9.17) is 13.6 Å². The molecule has 0 heterocycles. The van der Waals surface area contributed by atoms with Crippen LogP contribution in [0.3, 0.4) is 0 Å². The van der Waals surface area contributed by atoms with E-state index in [0.717, 1.165) is 12.8 Å². The fourth-order valence-corrected chi connectivity index (χ4v) is 1.53. The Kier molecular flexibility index (Phi) is 3.57. The van der Waals surface area contributed by atoms with Gasteiger partial charge in [0.2, 0.25) is 0 Å². The van der Waals surface area contributed by atoms with Crippen LogP contribution in [0.15, 0.2) is 0 Å². The number of hydrogen-bond donors (Lipinski definition) is 0. The first kappa shape index (κ1) is 8.41. The molecule has 60 valence electrons. The lowest BCUT2D eigenvalue weighted by Gasteiger charge is -2.27. The minimum Gasteiger partial charge on any atom is -0.316 e. The van der Waals surface area contributed by atoms with Gasteiger partial charge in [-0.1, -0.05) is 0 Å². The number of rotatable bonds is 4. The summed E-state index contributed by atoms with van der Waals surface area (Å²) in [5.74, 6) is 0. The Morgan fingerprint density at radius 3 is 2.10 bits per heavy atom. The van der Waals surface area contributed by atoms with Crippen molar-refractivity contribution >= 4 is 8.60 Å². The van der Waals surface area contributed by atoms with Crippen LogP contribution in [0.5, 0.6) is 0 Å². The number of hydrogen-bond acceptors (Lipinski definition) is 3. The van der Waals surface area contributed by atoms with Crippen LogP contribution >= 0.6 is 8.60 Å². The smallest absolute Gasteiger partial charge is 0.316 e. The maximum Gasteiger partial charge on any atom is 0.332 e. The van der Waals surface area contributed by atoms with Gasteiger partial charge in [0.05, 0.1) is 6.10 Å². The summed E-state index contributed by atoms with van der Waals surface area (Å²) < 4.78 is 15.3. The van der Waals surface area contributed by atoms with E-state index < -0.39 is 8.60 Å². The lowest BCUT2D eigenvalue weighted by atomic mass is 9.97. The monoisotopic (exact) mass is 164 g/mol. The molecule has 1 aliphatic rings. The van der Waals surface area contributed by atoms with Crippen molar-refractivity contribution in [1.82, 2.24) is 0 Å². The second-order valence-electron chi connectivity index (χ2n) is 2.25. The molecule has 3 nitrogen and oxygen atoms in total. The lowest BCUT2D eigenvalue weighted by Crippen LogP contribution is -2.19. The molecule has 1 saturated carbocycles. The summed E-state index contributed by atoms with van der Waals surface area (Å²) in [7, 11) is 2.16. The van der Waals surface area contributed by atoms with Gasteiger partial charge in [0.15, 0.2) is 0 Å². The Morgan fingerprint density at radius 2 is 1.80 bits per heavy atom. The van der Waals surface area contributed by atoms with Gasteiger partial charge in [0.25, 0.3) is 0 Å². The van der Waals surface area contributed by atoms with E-state index in [1.165, 1.54) is 6.42 Å². The summed E-state index contributed by atoms with van der Waals surface area (Å²) in [4.78, 5) is 0. The Hall–Kier alpha value is 0.310. The molecule has 0 N–H and O–H groups in total. The lowest BCUT2D eigenvalue weighted by molar-refractivity contribution is 0.0882. The van der Waals surface area contributed by atoms with Crippen LogP contribution < -0.4 is 0 Å². The molecule has 4 heteroatoms. The Labute approximate surface area is 62.7 Å². The van der Waals surface area contributed by atoms with E-state index in [0.29, 0.717) is 6.10 Å². The molecule has 0 unspecified atom stereocenters. The normalized spacial score (nSPS) is 19.5. The van der Waals surface area contributed by atoms with Crippen molar-refractivity contribution < 1.29 is 13.6 Å². The van der Waals surface area contributed by atoms with Gasteiger partial charge in [0, 0.05) is 14.2 Å². The Bertz CT molecular complexity index is 91.0. The molecule has 1 fully saturated rings. The third kappa shape index (κ3) is 2.17. The molecule has 0 amide bonds. The van der Waals surface area contributed by atoms with E-state index in [9.17, 15) is 0 Å². The van der Waals surface area contributed by atoms with Crippen molar-refractivity contribution in [3.8, 4) is 0 Å². The molecule has 10 heavy (non-hydrogen) atoms. The molecular formula is C6H13O3P. The van der Waals surface area contributed by atoms with Gasteiger partial charge in [-0.2, -0.15) is 0 Å². The quantitative estimate of drug-likeness (QED) is 0.595. The van der Waals surface area contributed by atoms with Crippen LogP contribution in [-0.2, 0) is 13.6 Å². The second kappa shape index (κ2) is 4.24. The van der Waals surface area contributed by atoms with Gasteiger partial charge < -0.3 is 13.6 Å². The second-order valence-corrected chi connectivity index (χ2v) is 3.64. The highest BCUT2D eigenvalue weighted by atomic mass is 31.2. The molecule has 0 atom stereocenters. The van der Waals surface area contributed by atoms with Gasteiger partial charge in [-0.3, -0.25) is 0 Å². The van der Waals surface area contributed by atoms with Crippen molar-refractivity contribution in [2.75, 3.05) is 14.2 Å². The summed E-state index contributed by atoms with van der Waals surface area (Å²) in [6.07, 6.45) is 3.99. The SMILES string of the molecule is COP(OC)OC1CCC1. The molecule has 1 aliphatic carbocycles. The highest BCUT2D eigenvalue weighted by Gasteiger charge is 2.23. The van der Waals surface area contributed by atoms with Crippen LogP contribution in [0.2, 0.25) is 0 Å². The van der Waals surface area contributed by atoms with Crippen LogP contribution in [0, 0.1) is 0 Å². The zero-order valence-electron chi connectivity index (χ0n) is 6.37. The van der Waals surface area contributed by atoms with Crippen LogP contribution in [0.25, 0.3) is 0 Å². The van der Waals surface area contributed by atoms with Gasteiger partial charge in [0.1, 0.15) is 0 Å². The highest BCUT2D eigenvalue weighted by molar-refractivity contribution is 7.41. The summed E-state index contributed by atoms with van der Waals surface area (Å²) in [6, 6.07) is 0. The van der Waals surface area contributed by atoms with Crippen molar-refractivity contribution in [2.24, 2.45) is 0 Å². The molecule has 0 saturated heterocycles. The van der Waals surface area contributed by atoms with Crippen molar-refractivity contribution in [3.63, 3.8) is 0 Å². The minimum absolute atomic E-state index is 0.394. The summed E-state index contributed by atoms with van der Waals surface area (Å²) in [5.41, 5.74) is 0. The third-order valence-corrected chi connectivity index (χ3v) is 2.65. The van der Waals surface area contributed by atoms with Crippen molar-refractivity contribution in [3.05, 3.63) is 0 Å². The standard InChI is InChI=1S/C6H13O3P/c1-7-10(8-2)9-6-4-3-5-6/h6H,3-5H2,1-2H3. The van der Waals surface area contributed by atoms with Gasteiger partial charge in [-0.05, 0) is 19.3 Å². The highest BCUT2D eigenvalue weighted by Crippen LogP contribution is 2.42. The van der Waals surface area contributed by atoms with E-state index in [2.05, 4.69) is 0 Å². The summed E-state index contributed by atoms with van der Waals surface area (Å²) >= 11 is 0. The van der Waals surface area contributed by atoms with E-state index >= 15 is 0 Å². The first-order chi connectivity index (χ1) is 4.86. The predicted octanol–water partition coefficient (Wildman–Crippen LogP) is 2.08. The van der Waals surface area contributed by atoms with E-state index in [-0.39, 0.29) is 0 Å². The average molecular weight is 164 g/mol. The largest absolute Gasteiger partial charge is 0.332 e. The summed E-state index contributed by atoms with van der Waals surface area (Å²) in [5, 5.41) is 0. The predicted molar refractivity (Wildman–Crippen MR) is 39.7 cm³/mol. The first-order valence-electron chi connectivity index (χ1n) is 3.42. The van der Waals surface area contributed by atoms with E-state index in [1.54, 1.807) is 14.2 Å². The third-order valence-electron chi connectivity index (χ3n) is 1.59. The fraction of sp³-hybridized carbons (Fsp3) is 1.00. The molecule has 0 spiro atoms. The fourth-order valence-electron chi connectivity index (χ4n) is 0.759. The zero-order valence-corrected chi connectivity index (χ0v) is 7.27. The molecule has 0 bridgehead atoms.